The van der Waals surface area contributed by atoms with E-state index in [0.717, 1.165) is 45.6 Å². The van der Waals surface area contributed by atoms with E-state index < -0.39 is 0 Å². The first kappa shape index (κ1) is 16.8. The van der Waals surface area contributed by atoms with E-state index in [4.69, 9.17) is 27.9 Å². The Labute approximate surface area is 146 Å². The zero-order chi connectivity index (χ0) is 16.2. The van der Waals surface area contributed by atoms with Crippen molar-refractivity contribution >= 4 is 34.9 Å². The number of carbonyl (C=O) groups is 1. The Kier molecular flexibility index (Phi) is 5.64. The normalized spacial score (nSPS) is 23.0. The third kappa shape index (κ3) is 4.51. The lowest BCUT2D eigenvalue weighted by atomic mass is 10.0. The van der Waals surface area contributed by atoms with Crippen LogP contribution in [0.25, 0.3) is 0 Å². The van der Waals surface area contributed by atoms with Gasteiger partial charge in [-0.15, -0.1) is 0 Å². The van der Waals surface area contributed by atoms with Gasteiger partial charge < -0.3 is 15.4 Å². The maximum absolute atomic E-state index is 12.1. The predicted molar refractivity (Wildman–Crippen MR) is 92.4 cm³/mol. The molecule has 2 amide bonds. The van der Waals surface area contributed by atoms with Crippen molar-refractivity contribution in [1.29, 1.82) is 0 Å². The highest BCUT2D eigenvalue weighted by Gasteiger charge is 2.28. The van der Waals surface area contributed by atoms with Crippen molar-refractivity contribution in [2.45, 2.75) is 31.3 Å². The van der Waals surface area contributed by atoms with Gasteiger partial charge in [-0.2, -0.15) is 0 Å². The van der Waals surface area contributed by atoms with Crippen LogP contribution in [0.1, 0.15) is 19.3 Å². The number of rotatable bonds is 3. The minimum absolute atomic E-state index is 0.187. The quantitative estimate of drug-likeness (QED) is 0.871. The fraction of sp³-hybridized carbons (Fsp3) is 0.562. The lowest BCUT2D eigenvalue weighted by Crippen LogP contribution is -2.49. The number of piperidine rings is 1. The number of nitrogens with zero attached hydrogens (tertiary/aromatic N) is 1. The van der Waals surface area contributed by atoms with E-state index in [-0.39, 0.29) is 12.1 Å². The van der Waals surface area contributed by atoms with E-state index in [1.807, 2.05) is 0 Å². The lowest BCUT2D eigenvalue weighted by Gasteiger charge is -2.35. The first-order valence-corrected chi connectivity index (χ1v) is 8.72. The van der Waals surface area contributed by atoms with Gasteiger partial charge in [0.25, 0.3) is 0 Å². The highest BCUT2D eigenvalue weighted by molar-refractivity contribution is 6.35. The van der Waals surface area contributed by atoms with E-state index in [1.54, 1.807) is 18.2 Å². The van der Waals surface area contributed by atoms with Gasteiger partial charge in [-0.1, -0.05) is 23.2 Å². The highest BCUT2D eigenvalue weighted by Crippen LogP contribution is 2.25. The van der Waals surface area contributed by atoms with E-state index in [9.17, 15) is 4.79 Å². The molecule has 2 saturated heterocycles. The summed E-state index contributed by atoms with van der Waals surface area (Å²) in [6, 6.07) is 5.50. The minimum atomic E-state index is -0.239. The highest BCUT2D eigenvalue weighted by atomic mass is 35.5. The number of amides is 2. The molecule has 2 heterocycles. The van der Waals surface area contributed by atoms with E-state index >= 15 is 0 Å². The fourth-order valence-corrected chi connectivity index (χ4v) is 3.49. The first-order chi connectivity index (χ1) is 11.1. The molecule has 5 nitrogen and oxygen atoms in total. The molecule has 23 heavy (non-hydrogen) atoms. The number of hydrogen-bond donors (Lipinski definition) is 2. The van der Waals surface area contributed by atoms with Crippen LogP contribution in [0.4, 0.5) is 10.5 Å². The van der Waals surface area contributed by atoms with Crippen molar-refractivity contribution in [2.75, 3.05) is 31.6 Å². The van der Waals surface area contributed by atoms with Crippen LogP contribution in [0.15, 0.2) is 18.2 Å². The Morgan fingerprint density at radius 1 is 1.22 bits per heavy atom. The van der Waals surface area contributed by atoms with Gasteiger partial charge in [-0.3, -0.25) is 4.90 Å². The molecule has 7 heteroatoms. The Bertz CT molecular complexity index is 556. The van der Waals surface area contributed by atoms with Crippen LogP contribution in [-0.4, -0.2) is 49.3 Å². The van der Waals surface area contributed by atoms with Crippen molar-refractivity contribution in [3.63, 3.8) is 0 Å². The van der Waals surface area contributed by atoms with Crippen molar-refractivity contribution in [2.24, 2.45) is 0 Å². The predicted octanol–water partition coefficient (Wildman–Crippen LogP) is 3.37. The zero-order valence-corrected chi connectivity index (χ0v) is 14.4. The molecule has 0 bridgehead atoms. The van der Waals surface area contributed by atoms with Crippen LogP contribution in [0.5, 0.6) is 0 Å². The molecule has 3 rings (SSSR count). The summed E-state index contributed by atoms with van der Waals surface area (Å²) in [7, 11) is 0. The van der Waals surface area contributed by atoms with Gasteiger partial charge >= 0.3 is 6.03 Å². The molecule has 1 atom stereocenters. The molecule has 0 aliphatic carbocycles. The van der Waals surface area contributed by atoms with Crippen LogP contribution in [0, 0.1) is 0 Å². The van der Waals surface area contributed by atoms with Crippen molar-refractivity contribution in [3.8, 4) is 0 Å². The standard InChI is InChI=1S/C16H21Cl2N3O2/c17-11-1-2-14(18)15(9-11)20-16(22)19-12-3-6-21(7-4-12)13-5-8-23-10-13/h1-2,9,12-13H,3-8,10H2,(H2,19,20,22)/t13-/m1/s1. The molecule has 2 N–H and O–H groups in total. The number of urea groups is 1. The summed E-state index contributed by atoms with van der Waals surface area (Å²) >= 11 is 12.0. The Balaban J connectivity index is 1.46. The SMILES string of the molecule is O=C(Nc1cc(Cl)ccc1Cl)NC1CCN([C@@H]2CCOC2)CC1. The molecule has 0 radical (unpaired) electrons. The summed E-state index contributed by atoms with van der Waals surface area (Å²) in [5.41, 5.74) is 0.525. The van der Waals surface area contributed by atoms with E-state index in [2.05, 4.69) is 15.5 Å². The summed E-state index contributed by atoms with van der Waals surface area (Å²) in [6.07, 6.45) is 3.02. The Morgan fingerprint density at radius 2 is 2.00 bits per heavy atom. The van der Waals surface area contributed by atoms with Gasteiger partial charge in [-0.25, -0.2) is 4.79 Å². The second kappa shape index (κ2) is 7.71. The number of anilines is 1. The topological polar surface area (TPSA) is 53.6 Å². The fourth-order valence-electron chi connectivity index (χ4n) is 3.16. The number of likely N-dealkylation sites (tertiary alicyclic amines) is 1. The number of nitrogens with one attached hydrogen (secondary N) is 2. The molecule has 2 aliphatic rings. The maximum atomic E-state index is 12.1. The van der Waals surface area contributed by atoms with Crippen LogP contribution < -0.4 is 10.6 Å². The van der Waals surface area contributed by atoms with E-state index in [0.29, 0.717) is 21.8 Å². The van der Waals surface area contributed by atoms with Crippen molar-refractivity contribution in [3.05, 3.63) is 28.2 Å². The maximum Gasteiger partial charge on any atom is 0.319 e. The summed E-state index contributed by atoms with van der Waals surface area (Å²) in [6.45, 7) is 3.70. The number of ether oxygens (including phenoxy) is 1. The van der Waals surface area contributed by atoms with Gasteiger partial charge in [0, 0.05) is 36.8 Å². The van der Waals surface area contributed by atoms with Crippen molar-refractivity contribution in [1.82, 2.24) is 10.2 Å². The molecule has 2 aliphatic heterocycles. The second-order valence-electron chi connectivity index (χ2n) is 6.05. The van der Waals surface area contributed by atoms with Crippen LogP contribution in [-0.2, 0) is 4.74 Å². The van der Waals surface area contributed by atoms with E-state index in [1.165, 1.54) is 0 Å². The molecule has 0 saturated carbocycles. The molecule has 0 aromatic heterocycles. The summed E-state index contributed by atoms with van der Waals surface area (Å²) in [5, 5.41) is 6.79. The number of benzene rings is 1. The first-order valence-electron chi connectivity index (χ1n) is 7.96. The Hall–Kier alpha value is -1.01. The average molecular weight is 358 g/mol. The van der Waals surface area contributed by atoms with Crippen LogP contribution in [0.3, 0.4) is 0 Å². The summed E-state index contributed by atoms with van der Waals surface area (Å²) < 4.78 is 5.44. The minimum Gasteiger partial charge on any atom is -0.380 e. The van der Waals surface area contributed by atoms with Crippen LogP contribution in [0.2, 0.25) is 10.0 Å². The molecule has 126 valence electrons. The molecular weight excluding hydrogens is 337 g/mol. The van der Waals surface area contributed by atoms with Crippen LogP contribution >= 0.6 is 23.2 Å². The van der Waals surface area contributed by atoms with Gasteiger partial charge in [0.05, 0.1) is 17.3 Å². The smallest absolute Gasteiger partial charge is 0.319 e. The molecule has 0 spiro atoms. The van der Waals surface area contributed by atoms with Gasteiger partial charge in [0.2, 0.25) is 0 Å². The largest absolute Gasteiger partial charge is 0.380 e. The zero-order valence-electron chi connectivity index (χ0n) is 12.9. The molecule has 1 aromatic rings. The molecular formula is C16H21Cl2N3O2. The lowest BCUT2D eigenvalue weighted by molar-refractivity contribution is 0.118. The third-order valence-electron chi connectivity index (χ3n) is 4.46. The van der Waals surface area contributed by atoms with Gasteiger partial charge in [0.1, 0.15) is 0 Å². The van der Waals surface area contributed by atoms with Gasteiger partial charge in [0.15, 0.2) is 0 Å². The van der Waals surface area contributed by atoms with Crippen molar-refractivity contribution < 1.29 is 9.53 Å². The second-order valence-corrected chi connectivity index (χ2v) is 6.89. The number of hydrogen-bond acceptors (Lipinski definition) is 3. The molecule has 2 fully saturated rings. The Morgan fingerprint density at radius 3 is 2.70 bits per heavy atom. The molecule has 1 aromatic carbocycles. The van der Waals surface area contributed by atoms with Gasteiger partial charge in [-0.05, 0) is 37.5 Å². The monoisotopic (exact) mass is 357 g/mol. The average Bonchev–Trinajstić information content (AvgIpc) is 3.06. The number of halogens is 2. The number of carbonyl (C=O) groups excluding carboxylic acids is 1. The third-order valence-corrected chi connectivity index (χ3v) is 5.03. The summed E-state index contributed by atoms with van der Waals surface area (Å²) in [5.74, 6) is 0. The summed E-state index contributed by atoms with van der Waals surface area (Å²) in [4.78, 5) is 14.6. The molecule has 0 unspecified atom stereocenters.